The Morgan fingerprint density at radius 2 is 2.00 bits per heavy atom. The lowest BCUT2D eigenvalue weighted by Crippen LogP contribution is -2.35. The van der Waals surface area contributed by atoms with Crippen molar-refractivity contribution < 1.29 is 9.57 Å². The lowest BCUT2D eigenvalue weighted by molar-refractivity contribution is 0.138. The second kappa shape index (κ2) is 10.4. The number of fused-ring (bicyclic) bond motifs is 1. The first kappa shape index (κ1) is 22.0. The Hall–Kier alpha value is -3.26. The molecule has 1 heterocycles. The van der Waals surface area contributed by atoms with Crippen LogP contribution in [-0.2, 0) is 11.4 Å². The minimum Gasteiger partial charge on any atom is -0.483 e. The van der Waals surface area contributed by atoms with Gasteiger partial charge < -0.3 is 20.7 Å². The smallest absolute Gasteiger partial charge is 0.193 e. The first-order valence-corrected chi connectivity index (χ1v) is 11.1. The van der Waals surface area contributed by atoms with Crippen molar-refractivity contribution in [2.75, 3.05) is 31.0 Å². The summed E-state index contributed by atoms with van der Waals surface area (Å²) in [5.41, 5.74) is 12.7. The van der Waals surface area contributed by atoms with E-state index in [-0.39, 0.29) is 0 Å². The Labute approximate surface area is 189 Å². The van der Waals surface area contributed by atoms with E-state index in [4.69, 9.17) is 15.3 Å². The Balaban J connectivity index is 1.62. The van der Waals surface area contributed by atoms with Gasteiger partial charge in [-0.1, -0.05) is 49.6 Å². The summed E-state index contributed by atoms with van der Waals surface area (Å²) >= 11 is 0. The summed E-state index contributed by atoms with van der Waals surface area (Å²) < 4.78 is 5.94. The van der Waals surface area contributed by atoms with Gasteiger partial charge in [-0.3, -0.25) is 10.3 Å². The Kier molecular flexibility index (Phi) is 7.11. The topological polar surface area (TPSA) is 96.5 Å². The molecular formula is C24H32N6O2. The van der Waals surface area contributed by atoms with Crippen molar-refractivity contribution >= 4 is 28.9 Å². The fraction of sp³-hybridized carbons (Fsp3) is 0.417. The van der Waals surface area contributed by atoms with Crippen LogP contribution in [0.5, 0.6) is 5.75 Å². The van der Waals surface area contributed by atoms with Gasteiger partial charge in [-0.05, 0) is 24.5 Å². The van der Waals surface area contributed by atoms with Crippen LogP contribution in [0.3, 0.4) is 0 Å². The van der Waals surface area contributed by atoms with Crippen LogP contribution in [0.15, 0.2) is 52.4 Å². The van der Waals surface area contributed by atoms with E-state index < -0.39 is 0 Å². The number of ether oxygens (including phenoxy) is 1. The molecule has 8 heteroatoms. The number of hydroxylamine groups is 1. The summed E-state index contributed by atoms with van der Waals surface area (Å²) in [5, 5.41) is 3.31. The van der Waals surface area contributed by atoms with Crippen LogP contribution in [-0.4, -0.2) is 38.6 Å². The SMILES string of the molecule is CONC1=Nc2cc(NC(N)=NCc3ccccc3)c(N(C)C3CCCCC3)cc2OC1. The molecule has 0 bridgehead atoms. The van der Waals surface area contributed by atoms with Crippen LogP contribution in [0.2, 0.25) is 0 Å². The molecule has 4 rings (SSSR count). The molecule has 2 aromatic carbocycles. The summed E-state index contributed by atoms with van der Waals surface area (Å²) in [6, 6.07) is 14.6. The number of nitrogens with one attached hydrogen (secondary N) is 2. The molecule has 1 fully saturated rings. The van der Waals surface area contributed by atoms with Crippen LogP contribution in [0, 0.1) is 0 Å². The maximum atomic E-state index is 6.27. The van der Waals surface area contributed by atoms with Gasteiger partial charge in [0, 0.05) is 19.2 Å². The number of nitrogens with zero attached hydrogens (tertiary/aromatic N) is 3. The molecule has 170 valence electrons. The molecule has 0 aromatic heterocycles. The van der Waals surface area contributed by atoms with Gasteiger partial charge in [0.05, 0.1) is 25.0 Å². The van der Waals surface area contributed by atoms with E-state index in [2.05, 4.69) is 32.7 Å². The van der Waals surface area contributed by atoms with E-state index in [0.29, 0.717) is 31.0 Å². The summed E-state index contributed by atoms with van der Waals surface area (Å²) in [6.45, 7) is 0.850. The predicted octanol–water partition coefficient (Wildman–Crippen LogP) is 3.96. The third-order valence-corrected chi connectivity index (χ3v) is 5.96. The monoisotopic (exact) mass is 436 g/mol. The second-order valence-electron chi connectivity index (χ2n) is 8.21. The van der Waals surface area contributed by atoms with Crippen LogP contribution in [0.4, 0.5) is 17.1 Å². The number of hydrogen-bond acceptors (Lipinski definition) is 6. The third-order valence-electron chi connectivity index (χ3n) is 5.96. The normalized spacial score (nSPS) is 16.6. The van der Waals surface area contributed by atoms with E-state index in [1.54, 1.807) is 7.11 Å². The lowest BCUT2D eigenvalue weighted by Gasteiger charge is -2.35. The van der Waals surface area contributed by atoms with Crippen LogP contribution >= 0.6 is 0 Å². The van der Waals surface area contributed by atoms with Gasteiger partial charge in [-0.15, -0.1) is 0 Å². The van der Waals surface area contributed by atoms with Gasteiger partial charge in [-0.2, -0.15) is 0 Å². The van der Waals surface area contributed by atoms with Crippen molar-refractivity contribution in [1.29, 1.82) is 0 Å². The van der Waals surface area contributed by atoms with Crippen molar-refractivity contribution in [3.05, 3.63) is 48.0 Å². The van der Waals surface area contributed by atoms with Gasteiger partial charge in [0.1, 0.15) is 18.0 Å². The minimum absolute atomic E-state index is 0.334. The van der Waals surface area contributed by atoms with Gasteiger partial charge in [-0.25, -0.2) is 9.98 Å². The molecule has 0 radical (unpaired) electrons. The van der Waals surface area contributed by atoms with Crippen molar-refractivity contribution in [2.45, 2.75) is 44.7 Å². The Morgan fingerprint density at radius 3 is 2.75 bits per heavy atom. The number of guanidine groups is 1. The van der Waals surface area contributed by atoms with Crippen molar-refractivity contribution in [3.63, 3.8) is 0 Å². The van der Waals surface area contributed by atoms with Crippen molar-refractivity contribution in [3.8, 4) is 5.75 Å². The zero-order valence-electron chi connectivity index (χ0n) is 18.8. The molecule has 8 nitrogen and oxygen atoms in total. The first-order valence-electron chi connectivity index (χ1n) is 11.1. The largest absolute Gasteiger partial charge is 0.483 e. The predicted molar refractivity (Wildman–Crippen MR) is 130 cm³/mol. The zero-order valence-corrected chi connectivity index (χ0v) is 18.8. The highest BCUT2D eigenvalue weighted by molar-refractivity contribution is 5.98. The zero-order chi connectivity index (χ0) is 22.3. The first-order chi connectivity index (χ1) is 15.6. The number of amidine groups is 1. The lowest BCUT2D eigenvalue weighted by atomic mass is 9.94. The molecule has 2 aliphatic rings. The molecular weight excluding hydrogens is 404 g/mol. The third kappa shape index (κ3) is 5.31. The highest BCUT2D eigenvalue weighted by Gasteiger charge is 2.24. The fourth-order valence-corrected chi connectivity index (χ4v) is 4.25. The molecule has 0 unspecified atom stereocenters. The molecule has 1 saturated carbocycles. The molecule has 32 heavy (non-hydrogen) atoms. The van der Waals surface area contributed by atoms with E-state index in [1.807, 2.05) is 42.5 Å². The van der Waals surface area contributed by atoms with E-state index in [1.165, 1.54) is 32.1 Å². The molecule has 0 spiro atoms. The molecule has 4 N–H and O–H groups in total. The average molecular weight is 437 g/mol. The Bertz CT molecular complexity index is 970. The maximum absolute atomic E-state index is 6.27. The van der Waals surface area contributed by atoms with Gasteiger partial charge in [0.25, 0.3) is 0 Å². The number of rotatable bonds is 6. The van der Waals surface area contributed by atoms with E-state index >= 15 is 0 Å². The van der Waals surface area contributed by atoms with Crippen molar-refractivity contribution in [1.82, 2.24) is 5.48 Å². The molecule has 0 amide bonds. The van der Waals surface area contributed by atoms with Crippen LogP contribution in [0.25, 0.3) is 0 Å². The van der Waals surface area contributed by atoms with Crippen LogP contribution in [0.1, 0.15) is 37.7 Å². The maximum Gasteiger partial charge on any atom is 0.193 e. The summed E-state index contributed by atoms with van der Waals surface area (Å²) in [6.07, 6.45) is 6.20. The summed E-state index contributed by atoms with van der Waals surface area (Å²) in [5.74, 6) is 1.72. The summed E-state index contributed by atoms with van der Waals surface area (Å²) in [4.78, 5) is 16.5. The average Bonchev–Trinajstić information content (AvgIpc) is 2.83. The number of nitrogens with two attached hydrogens (primary N) is 1. The van der Waals surface area contributed by atoms with Crippen LogP contribution < -0.4 is 26.2 Å². The standard InChI is InChI=1S/C24H32N6O2/c1-30(18-11-7-4-8-12-18)21-14-22-20(27-23(16-32-22)29-31-2)13-19(21)28-24(25)26-15-17-9-5-3-6-10-17/h3,5-6,9-10,13-14,18H,4,7-8,11-12,15-16H2,1-2H3,(H,27,29)(H3,25,26,28). The Morgan fingerprint density at radius 1 is 1.22 bits per heavy atom. The van der Waals surface area contributed by atoms with Crippen molar-refractivity contribution in [2.24, 2.45) is 15.7 Å². The van der Waals surface area contributed by atoms with Gasteiger partial charge >= 0.3 is 0 Å². The van der Waals surface area contributed by atoms with Gasteiger partial charge in [0.15, 0.2) is 11.8 Å². The van der Waals surface area contributed by atoms with E-state index in [9.17, 15) is 0 Å². The minimum atomic E-state index is 0.334. The highest BCUT2D eigenvalue weighted by atomic mass is 16.6. The molecule has 1 aliphatic heterocycles. The number of hydrogen-bond donors (Lipinski definition) is 3. The molecule has 0 atom stereocenters. The van der Waals surface area contributed by atoms with E-state index in [0.717, 1.165) is 28.4 Å². The number of anilines is 2. The van der Waals surface area contributed by atoms with Gasteiger partial charge in [0.2, 0.25) is 0 Å². The molecule has 2 aromatic rings. The molecule has 0 saturated heterocycles. The number of benzene rings is 2. The summed E-state index contributed by atoms with van der Waals surface area (Å²) in [7, 11) is 3.70. The number of aliphatic imine (C=N–C) groups is 2. The quantitative estimate of drug-likeness (QED) is 0.360. The highest BCUT2D eigenvalue weighted by Crippen LogP contribution is 2.41. The fourth-order valence-electron chi connectivity index (χ4n) is 4.25. The second-order valence-corrected chi connectivity index (χ2v) is 8.21. The molecule has 1 aliphatic carbocycles.